The zero-order chi connectivity index (χ0) is 18.9. The molecule has 1 atom stereocenters. The second-order valence-corrected chi connectivity index (χ2v) is 8.83. The van der Waals surface area contributed by atoms with E-state index in [1.165, 1.54) is 4.90 Å². The zero-order valence-electron chi connectivity index (χ0n) is 14.5. The second kappa shape index (κ2) is 7.06. The molecule has 1 unspecified atom stereocenters. The van der Waals surface area contributed by atoms with Gasteiger partial charge in [0.05, 0.1) is 22.4 Å². The summed E-state index contributed by atoms with van der Waals surface area (Å²) >= 11 is 0. The van der Waals surface area contributed by atoms with Crippen molar-refractivity contribution in [2.24, 2.45) is 0 Å². The molecule has 2 heterocycles. The van der Waals surface area contributed by atoms with Gasteiger partial charge in [-0.3, -0.25) is 14.2 Å². The summed E-state index contributed by atoms with van der Waals surface area (Å²) in [5, 5.41) is 0.423. The molecule has 0 saturated carbocycles. The van der Waals surface area contributed by atoms with Crippen LogP contribution in [-0.4, -0.2) is 53.4 Å². The van der Waals surface area contributed by atoms with Crippen LogP contribution < -0.4 is 11.2 Å². The number of carbonyl (C=O) groups is 1. The number of benzene rings is 1. The van der Waals surface area contributed by atoms with Gasteiger partial charge in [-0.25, -0.2) is 13.2 Å². The second-order valence-electron chi connectivity index (χ2n) is 6.60. The normalized spacial score (nSPS) is 18.9. The van der Waals surface area contributed by atoms with E-state index in [4.69, 9.17) is 0 Å². The van der Waals surface area contributed by atoms with Gasteiger partial charge in [0.25, 0.3) is 5.56 Å². The number of fused-ring (bicyclic) bond motifs is 1. The summed E-state index contributed by atoms with van der Waals surface area (Å²) in [5.74, 6) is -0.0757. The van der Waals surface area contributed by atoms with Gasteiger partial charge in [-0.2, -0.15) is 0 Å². The first-order valence-corrected chi connectivity index (χ1v) is 10.3. The van der Waals surface area contributed by atoms with Gasteiger partial charge in [-0.05, 0) is 25.0 Å². The average Bonchev–Trinajstić information content (AvgIpc) is 2.96. The SMILES string of the molecule is CN(C(=O)CCCn1c(=O)[nH]c2ccccc2c1=O)C1CCS(=O)(=O)C1. The zero-order valence-corrected chi connectivity index (χ0v) is 15.3. The van der Waals surface area contributed by atoms with Crippen LogP contribution in [0.1, 0.15) is 19.3 Å². The van der Waals surface area contributed by atoms with E-state index in [2.05, 4.69) is 4.98 Å². The smallest absolute Gasteiger partial charge is 0.328 e. The standard InChI is InChI=1S/C17H21N3O5S/c1-19(12-8-10-26(24,25)11-12)15(21)7-4-9-20-16(22)13-5-2-3-6-14(13)18-17(20)23/h2-3,5-6,12H,4,7-11H2,1H3,(H,18,23). The molecule has 2 aromatic rings. The quantitative estimate of drug-likeness (QED) is 0.793. The third kappa shape index (κ3) is 3.72. The van der Waals surface area contributed by atoms with Crippen molar-refractivity contribution < 1.29 is 13.2 Å². The van der Waals surface area contributed by atoms with Crippen molar-refractivity contribution in [1.82, 2.24) is 14.5 Å². The topological polar surface area (TPSA) is 109 Å². The molecule has 1 amide bonds. The molecule has 1 saturated heterocycles. The van der Waals surface area contributed by atoms with E-state index < -0.39 is 15.5 Å². The highest BCUT2D eigenvalue weighted by atomic mass is 32.2. The Bertz CT molecular complexity index is 1050. The van der Waals surface area contributed by atoms with Crippen molar-refractivity contribution >= 4 is 26.6 Å². The Labute approximate surface area is 150 Å². The first-order valence-electron chi connectivity index (χ1n) is 8.46. The highest BCUT2D eigenvalue weighted by Crippen LogP contribution is 2.17. The Hall–Kier alpha value is -2.42. The number of aromatic amines is 1. The van der Waals surface area contributed by atoms with E-state index in [9.17, 15) is 22.8 Å². The highest BCUT2D eigenvalue weighted by molar-refractivity contribution is 7.91. The van der Waals surface area contributed by atoms with Gasteiger partial charge in [0.15, 0.2) is 9.84 Å². The molecule has 0 aliphatic carbocycles. The number of para-hydroxylation sites is 1. The van der Waals surface area contributed by atoms with Crippen LogP contribution in [0, 0.1) is 0 Å². The molecule has 8 nitrogen and oxygen atoms in total. The van der Waals surface area contributed by atoms with Crippen LogP contribution in [0.25, 0.3) is 10.9 Å². The Morgan fingerprint density at radius 3 is 2.73 bits per heavy atom. The molecule has 0 bridgehead atoms. The van der Waals surface area contributed by atoms with Gasteiger partial charge in [0.2, 0.25) is 5.91 Å². The lowest BCUT2D eigenvalue weighted by Gasteiger charge is -2.23. The number of carbonyl (C=O) groups excluding carboxylic acids is 1. The molecule has 1 fully saturated rings. The fourth-order valence-electron chi connectivity index (χ4n) is 3.25. The molecule has 26 heavy (non-hydrogen) atoms. The van der Waals surface area contributed by atoms with Gasteiger partial charge in [0.1, 0.15) is 0 Å². The van der Waals surface area contributed by atoms with Gasteiger partial charge in [-0.1, -0.05) is 12.1 Å². The van der Waals surface area contributed by atoms with Crippen molar-refractivity contribution in [2.45, 2.75) is 31.8 Å². The maximum atomic E-state index is 12.4. The number of H-pyrrole nitrogens is 1. The summed E-state index contributed by atoms with van der Waals surface area (Å²) in [6.07, 6.45) is 0.921. The number of aromatic nitrogens is 2. The summed E-state index contributed by atoms with van der Waals surface area (Å²) in [7, 11) is -1.45. The Morgan fingerprint density at radius 1 is 1.31 bits per heavy atom. The summed E-state index contributed by atoms with van der Waals surface area (Å²) in [6, 6.07) is 6.47. The third-order valence-corrected chi connectivity index (χ3v) is 6.56. The van der Waals surface area contributed by atoms with Crippen LogP contribution in [0.15, 0.2) is 33.9 Å². The van der Waals surface area contributed by atoms with Gasteiger partial charge in [0, 0.05) is 26.1 Å². The van der Waals surface area contributed by atoms with E-state index in [0.717, 1.165) is 4.57 Å². The molecule has 9 heteroatoms. The van der Waals surface area contributed by atoms with Crippen LogP contribution in [0.3, 0.4) is 0 Å². The lowest BCUT2D eigenvalue weighted by Crippen LogP contribution is -2.38. The maximum Gasteiger partial charge on any atom is 0.328 e. The third-order valence-electron chi connectivity index (χ3n) is 4.81. The summed E-state index contributed by atoms with van der Waals surface area (Å²) in [4.78, 5) is 40.9. The van der Waals surface area contributed by atoms with Crippen molar-refractivity contribution in [1.29, 1.82) is 0 Å². The molecule has 140 valence electrons. The predicted octanol–water partition coefficient (Wildman–Crippen LogP) is 0.116. The summed E-state index contributed by atoms with van der Waals surface area (Å²) in [5.41, 5.74) is -0.402. The highest BCUT2D eigenvalue weighted by Gasteiger charge is 2.32. The van der Waals surface area contributed by atoms with Gasteiger partial charge in [-0.15, -0.1) is 0 Å². The van der Waals surface area contributed by atoms with Crippen LogP contribution >= 0.6 is 0 Å². The monoisotopic (exact) mass is 379 g/mol. The molecular weight excluding hydrogens is 358 g/mol. The van der Waals surface area contributed by atoms with Crippen LogP contribution in [0.2, 0.25) is 0 Å². The first-order chi connectivity index (χ1) is 12.3. The Balaban J connectivity index is 1.65. The number of hydrogen-bond acceptors (Lipinski definition) is 5. The average molecular weight is 379 g/mol. The first kappa shape index (κ1) is 18.4. The molecule has 1 N–H and O–H groups in total. The van der Waals surface area contributed by atoms with Gasteiger partial charge < -0.3 is 9.88 Å². The molecule has 1 aliphatic heterocycles. The maximum absolute atomic E-state index is 12.4. The van der Waals surface area contributed by atoms with Crippen molar-refractivity contribution in [2.75, 3.05) is 18.6 Å². The van der Waals surface area contributed by atoms with Crippen molar-refractivity contribution in [3.8, 4) is 0 Å². The van der Waals surface area contributed by atoms with E-state index >= 15 is 0 Å². The fourth-order valence-corrected chi connectivity index (χ4v) is 5.03. The van der Waals surface area contributed by atoms with Crippen molar-refractivity contribution in [3.63, 3.8) is 0 Å². The number of amides is 1. The molecule has 1 aliphatic rings. The number of nitrogens with zero attached hydrogens (tertiary/aromatic N) is 2. The summed E-state index contributed by atoms with van der Waals surface area (Å²) in [6.45, 7) is 0.127. The minimum absolute atomic E-state index is 0.000952. The molecular formula is C17H21N3O5S. The van der Waals surface area contributed by atoms with Crippen LogP contribution in [-0.2, 0) is 21.2 Å². The number of sulfone groups is 1. The Morgan fingerprint density at radius 2 is 2.04 bits per heavy atom. The lowest BCUT2D eigenvalue weighted by molar-refractivity contribution is -0.131. The molecule has 1 aromatic heterocycles. The van der Waals surface area contributed by atoms with Crippen LogP contribution in [0.4, 0.5) is 0 Å². The molecule has 0 radical (unpaired) electrons. The molecule has 3 rings (SSSR count). The fraction of sp³-hybridized carbons (Fsp3) is 0.471. The van der Waals surface area contributed by atoms with E-state index in [-0.39, 0.29) is 42.0 Å². The lowest BCUT2D eigenvalue weighted by atomic mass is 10.2. The van der Waals surface area contributed by atoms with E-state index in [1.807, 2.05) is 0 Å². The number of nitrogens with one attached hydrogen (secondary N) is 1. The number of hydrogen-bond donors (Lipinski definition) is 1. The van der Waals surface area contributed by atoms with Gasteiger partial charge >= 0.3 is 5.69 Å². The summed E-state index contributed by atoms with van der Waals surface area (Å²) < 4.78 is 24.2. The number of rotatable bonds is 5. The predicted molar refractivity (Wildman–Crippen MR) is 97.9 cm³/mol. The molecule has 0 spiro atoms. The molecule has 1 aromatic carbocycles. The van der Waals surface area contributed by atoms with E-state index in [0.29, 0.717) is 23.7 Å². The minimum atomic E-state index is -3.05. The van der Waals surface area contributed by atoms with Crippen molar-refractivity contribution in [3.05, 3.63) is 45.1 Å². The van der Waals surface area contributed by atoms with Crippen LogP contribution in [0.5, 0.6) is 0 Å². The minimum Gasteiger partial charge on any atom is -0.342 e. The largest absolute Gasteiger partial charge is 0.342 e. The Kier molecular flexibility index (Phi) is 4.99. The van der Waals surface area contributed by atoms with E-state index in [1.54, 1.807) is 31.3 Å².